The molecule has 0 heterocycles. The van der Waals surface area contributed by atoms with Gasteiger partial charge in [0.15, 0.2) is 0 Å². The third kappa shape index (κ3) is 4.10. The molecular weight excluding hydrogens is 223 g/mol. The number of halogens is 1. The molecule has 1 N–H and O–H groups in total. The van der Waals surface area contributed by atoms with Crippen LogP contribution in [0.4, 0.5) is 4.39 Å². The Labute approximate surface area is 98.8 Å². The highest BCUT2D eigenvalue weighted by atomic mass is 19.1. The summed E-state index contributed by atoms with van der Waals surface area (Å²) in [7, 11) is 0. The number of carboxylic acids is 1. The molecule has 90 valence electrons. The second-order valence-corrected chi connectivity index (χ2v) is 3.41. The standard InChI is InChI=1S/C13H13FO3/c1-3-9(2)17-12-6-5-11(14)8-10(12)4-7-13(15)16/h3-9H,1H2,2H3,(H,15,16)/b7-4+. The molecule has 0 saturated carbocycles. The van der Waals surface area contributed by atoms with Gasteiger partial charge in [0.25, 0.3) is 0 Å². The maximum absolute atomic E-state index is 13.0. The minimum absolute atomic E-state index is 0.238. The second kappa shape index (κ2) is 5.84. The van der Waals surface area contributed by atoms with Gasteiger partial charge in [-0.25, -0.2) is 9.18 Å². The fraction of sp³-hybridized carbons (Fsp3) is 0.154. The highest BCUT2D eigenvalue weighted by Crippen LogP contribution is 2.22. The van der Waals surface area contributed by atoms with Gasteiger partial charge in [-0.2, -0.15) is 0 Å². The predicted molar refractivity (Wildman–Crippen MR) is 63.4 cm³/mol. The first-order valence-electron chi connectivity index (χ1n) is 5.02. The molecule has 1 aromatic rings. The van der Waals surface area contributed by atoms with E-state index in [0.717, 1.165) is 6.08 Å². The van der Waals surface area contributed by atoms with Crippen molar-refractivity contribution in [2.45, 2.75) is 13.0 Å². The summed E-state index contributed by atoms with van der Waals surface area (Å²) in [6.45, 7) is 5.35. The van der Waals surface area contributed by atoms with Crippen LogP contribution in [-0.4, -0.2) is 17.2 Å². The van der Waals surface area contributed by atoms with E-state index in [1.54, 1.807) is 13.0 Å². The van der Waals surface area contributed by atoms with E-state index in [-0.39, 0.29) is 6.10 Å². The Kier molecular flexibility index (Phi) is 4.46. The van der Waals surface area contributed by atoms with Crippen LogP contribution < -0.4 is 4.74 Å². The van der Waals surface area contributed by atoms with E-state index in [1.165, 1.54) is 24.3 Å². The molecule has 1 atom stereocenters. The van der Waals surface area contributed by atoms with Crippen LogP contribution in [0.15, 0.2) is 36.9 Å². The zero-order chi connectivity index (χ0) is 12.8. The van der Waals surface area contributed by atoms with Crippen molar-refractivity contribution in [1.29, 1.82) is 0 Å². The molecule has 1 unspecified atom stereocenters. The van der Waals surface area contributed by atoms with Crippen molar-refractivity contribution >= 4 is 12.0 Å². The Hall–Kier alpha value is -2.10. The van der Waals surface area contributed by atoms with Gasteiger partial charge in [0, 0.05) is 11.6 Å². The largest absolute Gasteiger partial charge is 0.486 e. The second-order valence-electron chi connectivity index (χ2n) is 3.41. The molecule has 0 saturated heterocycles. The summed E-state index contributed by atoms with van der Waals surface area (Å²) < 4.78 is 18.5. The predicted octanol–water partition coefficient (Wildman–Crippen LogP) is 2.88. The third-order valence-electron chi connectivity index (χ3n) is 2.02. The number of ether oxygens (including phenoxy) is 1. The SMILES string of the molecule is C=CC(C)Oc1ccc(F)cc1/C=C/C(=O)O. The van der Waals surface area contributed by atoms with E-state index in [1.807, 2.05) is 0 Å². The van der Waals surface area contributed by atoms with Crippen LogP contribution in [0.1, 0.15) is 12.5 Å². The lowest BCUT2D eigenvalue weighted by Gasteiger charge is -2.12. The molecule has 0 spiro atoms. The molecule has 3 nitrogen and oxygen atoms in total. The summed E-state index contributed by atoms with van der Waals surface area (Å²) >= 11 is 0. The Bertz CT molecular complexity index is 452. The molecule has 17 heavy (non-hydrogen) atoms. The summed E-state index contributed by atoms with van der Waals surface area (Å²) in [6.07, 6.45) is 3.57. The average Bonchev–Trinajstić information content (AvgIpc) is 2.29. The zero-order valence-corrected chi connectivity index (χ0v) is 9.39. The van der Waals surface area contributed by atoms with Crippen molar-refractivity contribution in [3.8, 4) is 5.75 Å². The first-order valence-corrected chi connectivity index (χ1v) is 5.02. The van der Waals surface area contributed by atoms with Gasteiger partial charge in [-0.1, -0.05) is 12.7 Å². The Morgan fingerprint density at radius 2 is 2.29 bits per heavy atom. The molecule has 0 aromatic heterocycles. The zero-order valence-electron chi connectivity index (χ0n) is 9.39. The van der Waals surface area contributed by atoms with Crippen LogP contribution in [0, 0.1) is 5.82 Å². The molecular formula is C13H13FO3. The van der Waals surface area contributed by atoms with Gasteiger partial charge in [0.1, 0.15) is 17.7 Å². The summed E-state index contributed by atoms with van der Waals surface area (Å²) in [6, 6.07) is 3.92. The van der Waals surface area contributed by atoms with Crippen molar-refractivity contribution in [2.75, 3.05) is 0 Å². The lowest BCUT2D eigenvalue weighted by Crippen LogP contribution is -2.08. The summed E-state index contributed by atoms with van der Waals surface area (Å²) in [5.74, 6) is -1.14. The van der Waals surface area contributed by atoms with E-state index >= 15 is 0 Å². The molecule has 0 aliphatic rings. The number of carbonyl (C=O) groups is 1. The molecule has 0 amide bonds. The molecule has 1 rings (SSSR count). The Morgan fingerprint density at radius 1 is 1.59 bits per heavy atom. The molecule has 0 aliphatic heterocycles. The summed E-state index contributed by atoms with van der Waals surface area (Å²) in [4.78, 5) is 10.4. The lowest BCUT2D eigenvalue weighted by molar-refractivity contribution is -0.131. The van der Waals surface area contributed by atoms with E-state index in [4.69, 9.17) is 9.84 Å². The van der Waals surface area contributed by atoms with Crippen LogP contribution in [0.25, 0.3) is 6.08 Å². The molecule has 0 bridgehead atoms. The lowest BCUT2D eigenvalue weighted by atomic mass is 10.1. The number of hydrogen-bond donors (Lipinski definition) is 1. The van der Waals surface area contributed by atoms with Crippen LogP contribution in [-0.2, 0) is 4.79 Å². The summed E-state index contributed by atoms with van der Waals surface area (Å²) in [5, 5.41) is 8.53. The average molecular weight is 236 g/mol. The molecule has 1 aromatic carbocycles. The smallest absolute Gasteiger partial charge is 0.328 e. The van der Waals surface area contributed by atoms with Crippen LogP contribution in [0.5, 0.6) is 5.75 Å². The maximum Gasteiger partial charge on any atom is 0.328 e. The minimum atomic E-state index is -1.10. The highest BCUT2D eigenvalue weighted by Gasteiger charge is 2.06. The normalized spacial score (nSPS) is 12.4. The monoisotopic (exact) mass is 236 g/mol. The van der Waals surface area contributed by atoms with Gasteiger partial charge in [0.2, 0.25) is 0 Å². The van der Waals surface area contributed by atoms with Crippen LogP contribution >= 0.6 is 0 Å². The first-order chi connectivity index (χ1) is 8.02. The maximum atomic E-state index is 13.0. The van der Waals surface area contributed by atoms with Gasteiger partial charge >= 0.3 is 5.97 Å². The van der Waals surface area contributed by atoms with Gasteiger partial charge in [-0.05, 0) is 31.2 Å². The third-order valence-corrected chi connectivity index (χ3v) is 2.02. The number of hydrogen-bond acceptors (Lipinski definition) is 2. The number of carboxylic acid groups (broad SMARTS) is 1. The minimum Gasteiger partial charge on any atom is -0.486 e. The van der Waals surface area contributed by atoms with Crippen LogP contribution in [0.3, 0.4) is 0 Å². The fourth-order valence-electron chi connectivity index (χ4n) is 1.17. The van der Waals surface area contributed by atoms with E-state index in [2.05, 4.69) is 6.58 Å². The molecule has 4 heteroatoms. The van der Waals surface area contributed by atoms with Crippen molar-refractivity contribution in [3.05, 3.63) is 48.3 Å². The van der Waals surface area contributed by atoms with Crippen molar-refractivity contribution in [3.63, 3.8) is 0 Å². The topological polar surface area (TPSA) is 46.5 Å². The van der Waals surface area contributed by atoms with E-state index in [0.29, 0.717) is 11.3 Å². The fourth-order valence-corrected chi connectivity index (χ4v) is 1.17. The van der Waals surface area contributed by atoms with Gasteiger partial charge in [-0.15, -0.1) is 0 Å². The van der Waals surface area contributed by atoms with Gasteiger partial charge < -0.3 is 9.84 Å². The van der Waals surface area contributed by atoms with Crippen molar-refractivity contribution in [2.24, 2.45) is 0 Å². The number of benzene rings is 1. The molecule has 0 aliphatic carbocycles. The first kappa shape index (κ1) is 13.0. The highest BCUT2D eigenvalue weighted by molar-refractivity contribution is 5.85. The van der Waals surface area contributed by atoms with Crippen LogP contribution in [0.2, 0.25) is 0 Å². The number of aliphatic carboxylic acids is 1. The quantitative estimate of drug-likeness (QED) is 0.631. The van der Waals surface area contributed by atoms with Gasteiger partial charge in [-0.3, -0.25) is 0 Å². The molecule has 0 fully saturated rings. The van der Waals surface area contributed by atoms with E-state index in [9.17, 15) is 9.18 Å². The summed E-state index contributed by atoms with van der Waals surface area (Å²) in [5.41, 5.74) is 0.376. The van der Waals surface area contributed by atoms with Gasteiger partial charge in [0.05, 0.1) is 0 Å². The molecule has 0 radical (unpaired) electrons. The van der Waals surface area contributed by atoms with Crippen molar-refractivity contribution < 1.29 is 19.0 Å². The number of rotatable bonds is 5. The van der Waals surface area contributed by atoms with E-state index < -0.39 is 11.8 Å². The Balaban J connectivity index is 3.03. The Morgan fingerprint density at radius 3 is 2.88 bits per heavy atom. The van der Waals surface area contributed by atoms with Crippen molar-refractivity contribution in [1.82, 2.24) is 0 Å².